The number of alkyl carbamates (subject to hydrolysis) is 1. The van der Waals surface area contributed by atoms with Crippen molar-refractivity contribution in [3.05, 3.63) is 101 Å². The average molecular weight is 681 g/mol. The molecule has 10 nitrogen and oxygen atoms in total. The molecule has 50 heavy (non-hydrogen) atoms. The highest BCUT2D eigenvalue weighted by Gasteiger charge is 2.35. The average Bonchev–Trinajstić information content (AvgIpc) is 3.37. The number of carbonyl (C=O) groups is 4. The van der Waals surface area contributed by atoms with E-state index in [0.717, 1.165) is 22.3 Å². The van der Waals surface area contributed by atoms with Crippen molar-refractivity contribution in [2.24, 2.45) is 16.3 Å². The minimum atomic E-state index is -1.23. The molecular formula is C40H44N2O8. The normalized spacial score (nSPS) is 16.1. The Balaban J connectivity index is 1.21. The van der Waals surface area contributed by atoms with Crippen molar-refractivity contribution >= 4 is 35.2 Å². The Morgan fingerprint density at radius 3 is 2.12 bits per heavy atom. The second-order valence-corrected chi connectivity index (χ2v) is 14.1. The lowest BCUT2D eigenvalue weighted by molar-refractivity contribution is -0.148. The first-order chi connectivity index (χ1) is 23.8. The molecule has 0 fully saturated rings. The summed E-state index contributed by atoms with van der Waals surface area (Å²) in [5.74, 6) is -1.94. The van der Waals surface area contributed by atoms with Crippen LogP contribution in [0.1, 0.15) is 82.4 Å². The number of ketones is 1. The molecule has 3 aromatic carbocycles. The molecule has 2 aliphatic carbocycles. The number of esters is 1. The highest BCUT2D eigenvalue weighted by atomic mass is 16.6. The van der Waals surface area contributed by atoms with Crippen molar-refractivity contribution in [3.63, 3.8) is 0 Å². The zero-order valence-electron chi connectivity index (χ0n) is 28.9. The van der Waals surface area contributed by atoms with Crippen LogP contribution in [0.2, 0.25) is 0 Å². The first-order valence-corrected chi connectivity index (χ1v) is 16.9. The van der Waals surface area contributed by atoms with Crippen LogP contribution in [0, 0.1) is 11.3 Å². The van der Waals surface area contributed by atoms with E-state index in [0.29, 0.717) is 41.8 Å². The maximum atomic E-state index is 13.1. The van der Waals surface area contributed by atoms with Crippen molar-refractivity contribution in [1.82, 2.24) is 5.32 Å². The quantitative estimate of drug-likeness (QED) is 0.122. The van der Waals surface area contributed by atoms with Crippen molar-refractivity contribution in [1.29, 1.82) is 0 Å². The molecule has 1 amide bonds. The fourth-order valence-corrected chi connectivity index (χ4v) is 6.58. The van der Waals surface area contributed by atoms with E-state index < -0.39 is 24.1 Å². The van der Waals surface area contributed by atoms with Gasteiger partial charge in [-0.25, -0.2) is 9.59 Å². The minimum absolute atomic E-state index is 0.0390. The Labute approximate surface area is 292 Å². The summed E-state index contributed by atoms with van der Waals surface area (Å²) in [5.41, 5.74) is 5.97. The summed E-state index contributed by atoms with van der Waals surface area (Å²) in [6.07, 6.45) is -0.139. The summed E-state index contributed by atoms with van der Waals surface area (Å²) in [6.45, 7) is 7.86. The molecule has 10 heteroatoms. The number of allylic oxidation sites excluding steroid dienone is 2. The lowest BCUT2D eigenvalue weighted by Crippen LogP contribution is -2.42. The number of carbonyl (C=O) groups excluding carboxylic acids is 3. The number of aliphatic hydroxyl groups is 1. The monoisotopic (exact) mass is 680 g/mol. The van der Waals surface area contributed by atoms with Crippen LogP contribution in [0.15, 0.2) is 89.1 Å². The largest absolute Gasteiger partial charge is 0.511 e. The molecule has 0 saturated heterocycles. The van der Waals surface area contributed by atoms with Gasteiger partial charge in [-0.2, -0.15) is 0 Å². The number of aliphatic imine (C=N–C) groups is 1. The third-order valence-electron chi connectivity index (χ3n) is 8.89. The Morgan fingerprint density at radius 1 is 0.920 bits per heavy atom. The molecule has 5 rings (SSSR count). The number of ether oxygens (including phenoxy) is 2. The maximum absolute atomic E-state index is 13.1. The zero-order chi connectivity index (χ0) is 36.0. The van der Waals surface area contributed by atoms with Gasteiger partial charge < -0.3 is 25.0 Å². The number of hydrogen-bond donors (Lipinski definition) is 3. The van der Waals surface area contributed by atoms with Gasteiger partial charge >= 0.3 is 18.0 Å². The third kappa shape index (κ3) is 8.85. The Hall–Kier alpha value is -5.25. The summed E-state index contributed by atoms with van der Waals surface area (Å²) in [4.78, 5) is 55.0. The number of amides is 1. The van der Waals surface area contributed by atoms with Gasteiger partial charge in [-0.15, -0.1) is 0 Å². The van der Waals surface area contributed by atoms with Crippen molar-refractivity contribution < 1.29 is 38.9 Å². The second kappa shape index (κ2) is 15.5. The Bertz CT molecular complexity index is 1780. The highest BCUT2D eigenvalue weighted by Crippen LogP contribution is 2.44. The Morgan fingerprint density at radius 2 is 1.54 bits per heavy atom. The first-order valence-electron chi connectivity index (χ1n) is 16.9. The predicted octanol–water partition coefficient (Wildman–Crippen LogP) is 7.82. The fourth-order valence-electron chi connectivity index (χ4n) is 6.58. The molecule has 1 atom stereocenters. The summed E-state index contributed by atoms with van der Waals surface area (Å²) in [5, 5.41) is 22.5. The molecular weight excluding hydrogens is 636 g/mol. The van der Waals surface area contributed by atoms with E-state index in [2.05, 4.69) is 5.32 Å². The maximum Gasteiger partial charge on any atom is 0.407 e. The van der Waals surface area contributed by atoms with Gasteiger partial charge in [-0.3, -0.25) is 14.6 Å². The zero-order valence-corrected chi connectivity index (χ0v) is 28.9. The number of benzene rings is 3. The minimum Gasteiger partial charge on any atom is -0.511 e. The highest BCUT2D eigenvalue weighted by molar-refractivity contribution is 6.23. The van der Waals surface area contributed by atoms with E-state index in [1.165, 1.54) is 0 Å². The van der Waals surface area contributed by atoms with Crippen LogP contribution in [0.4, 0.5) is 10.5 Å². The SMILES string of the molecule is CC(C)CC(=Nc1ccc(COC(=O)[C@H](CCC(=O)O)NC(=O)OCC2c3ccccc3-c3ccccc32)cc1)C1=C(O)CC(C)(C)CC1=O. The van der Waals surface area contributed by atoms with Crippen molar-refractivity contribution in [3.8, 4) is 11.1 Å². The van der Waals surface area contributed by atoms with Gasteiger partial charge in [-0.1, -0.05) is 88.4 Å². The molecule has 0 spiro atoms. The van der Waals surface area contributed by atoms with Crippen LogP contribution in [0.5, 0.6) is 0 Å². The van der Waals surface area contributed by atoms with Gasteiger partial charge in [0.1, 0.15) is 25.0 Å². The van der Waals surface area contributed by atoms with E-state index in [1.807, 2.05) is 76.2 Å². The summed E-state index contributed by atoms with van der Waals surface area (Å²) in [7, 11) is 0. The molecule has 0 bridgehead atoms. The molecule has 3 N–H and O–H groups in total. The van der Waals surface area contributed by atoms with Gasteiger partial charge in [-0.05, 0) is 64.1 Å². The van der Waals surface area contributed by atoms with Crippen LogP contribution in [0.25, 0.3) is 11.1 Å². The summed E-state index contributed by atoms with van der Waals surface area (Å²) >= 11 is 0. The van der Waals surface area contributed by atoms with Gasteiger partial charge in [0, 0.05) is 25.2 Å². The van der Waals surface area contributed by atoms with E-state index in [4.69, 9.17) is 14.5 Å². The molecule has 0 unspecified atom stereocenters. The Kier molecular flexibility index (Phi) is 11.2. The number of fused-ring (bicyclic) bond motifs is 3. The number of rotatable bonds is 13. The van der Waals surface area contributed by atoms with Crippen molar-refractivity contribution in [2.75, 3.05) is 6.61 Å². The molecule has 0 heterocycles. The number of aliphatic carboxylic acids is 1. The summed E-state index contributed by atoms with van der Waals surface area (Å²) < 4.78 is 11.1. The van der Waals surface area contributed by atoms with Gasteiger partial charge in [0.05, 0.1) is 17.0 Å². The van der Waals surface area contributed by atoms with E-state index in [-0.39, 0.29) is 54.8 Å². The number of Topliss-reactive ketones (excluding diaryl/α,β-unsaturated/α-hetero) is 1. The number of aliphatic hydroxyl groups excluding tert-OH is 1. The number of hydrogen-bond acceptors (Lipinski definition) is 8. The summed E-state index contributed by atoms with van der Waals surface area (Å²) in [6, 6.07) is 21.5. The van der Waals surface area contributed by atoms with E-state index in [1.54, 1.807) is 24.3 Å². The van der Waals surface area contributed by atoms with Crippen LogP contribution < -0.4 is 5.32 Å². The van der Waals surface area contributed by atoms with Crippen molar-refractivity contribution in [2.45, 2.75) is 78.4 Å². The number of carboxylic acids is 1. The standard InChI is InChI=1S/C40H44N2O8/c1-24(2)19-33(37-34(43)20-40(3,4)21-35(37)44)41-26-15-13-25(14-16-26)22-49-38(47)32(17-18-36(45)46)42-39(48)50-23-31-29-11-7-5-9-27(29)28-10-6-8-12-30(28)31/h5-16,24,31-32,43H,17-23H2,1-4H3,(H,42,48)(H,45,46)/t32-/m0/s1. The first kappa shape index (κ1) is 36.0. The molecule has 0 aromatic heterocycles. The van der Waals surface area contributed by atoms with Gasteiger partial charge in [0.15, 0.2) is 5.78 Å². The lowest BCUT2D eigenvalue weighted by atomic mass is 9.75. The smallest absolute Gasteiger partial charge is 0.407 e. The van der Waals surface area contributed by atoms with Crippen LogP contribution >= 0.6 is 0 Å². The van der Waals surface area contributed by atoms with Gasteiger partial charge in [0.25, 0.3) is 0 Å². The topological polar surface area (TPSA) is 152 Å². The van der Waals surface area contributed by atoms with Crippen LogP contribution in [0.3, 0.4) is 0 Å². The van der Waals surface area contributed by atoms with E-state index in [9.17, 15) is 29.4 Å². The molecule has 2 aliphatic rings. The van der Waals surface area contributed by atoms with E-state index >= 15 is 0 Å². The molecule has 262 valence electrons. The predicted molar refractivity (Wildman–Crippen MR) is 189 cm³/mol. The number of nitrogens with one attached hydrogen (secondary N) is 1. The number of carboxylic acid groups (broad SMARTS) is 1. The second-order valence-electron chi connectivity index (χ2n) is 14.1. The third-order valence-corrected chi connectivity index (χ3v) is 8.89. The fraction of sp³-hybridized carbons (Fsp3) is 0.375. The molecule has 0 radical (unpaired) electrons. The molecule has 0 saturated carbocycles. The lowest BCUT2D eigenvalue weighted by Gasteiger charge is -2.30. The van der Waals surface area contributed by atoms with Crippen LogP contribution in [-0.2, 0) is 30.5 Å². The molecule has 3 aromatic rings. The van der Waals surface area contributed by atoms with Crippen LogP contribution in [-0.4, -0.2) is 52.4 Å². The number of nitrogens with zero attached hydrogens (tertiary/aromatic N) is 1. The van der Waals surface area contributed by atoms with Gasteiger partial charge in [0.2, 0.25) is 0 Å². The molecule has 0 aliphatic heterocycles.